The van der Waals surface area contributed by atoms with Gasteiger partial charge in [-0.05, 0) is 20.8 Å². The van der Waals surface area contributed by atoms with Gasteiger partial charge in [-0.15, -0.1) is 0 Å². The number of methoxy groups -OCH3 is 2. The summed E-state index contributed by atoms with van der Waals surface area (Å²) in [5.41, 5.74) is 0.189. The first-order valence-electron chi connectivity index (χ1n) is 5.47. The molecule has 0 saturated heterocycles. The first-order valence-corrected chi connectivity index (χ1v) is 5.47. The van der Waals surface area contributed by atoms with Crippen LogP contribution in [0, 0.1) is 0 Å². The third-order valence-electron chi connectivity index (χ3n) is 2.02. The highest BCUT2D eigenvalue weighted by atomic mass is 16.5. The van der Waals surface area contributed by atoms with Gasteiger partial charge in [-0.2, -0.15) is 0 Å². The quantitative estimate of drug-likeness (QED) is 0.586. The van der Waals surface area contributed by atoms with Crippen LogP contribution in [-0.2, 0) is 9.47 Å². The summed E-state index contributed by atoms with van der Waals surface area (Å²) >= 11 is 0. The Hall–Kier alpha value is -0.160. The van der Waals surface area contributed by atoms with Crippen molar-refractivity contribution in [2.24, 2.45) is 0 Å². The fourth-order valence-electron chi connectivity index (χ4n) is 1.19. The second kappa shape index (κ2) is 8.05. The Morgan fingerprint density at radius 2 is 1.80 bits per heavy atom. The zero-order valence-corrected chi connectivity index (χ0v) is 10.7. The molecule has 1 unspecified atom stereocenters. The van der Waals surface area contributed by atoms with Gasteiger partial charge in [0, 0.05) is 39.4 Å². The van der Waals surface area contributed by atoms with Gasteiger partial charge >= 0.3 is 0 Å². The van der Waals surface area contributed by atoms with E-state index >= 15 is 0 Å². The lowest BCUT2D eigenvalue weighted by Gasteiger charge is -2.21. The van der Waals surface area contributed by atoms with E-state index in [9.17, 15) is 0 Å². The van der Waals surface area contributed by atoms with Crippen LogP contribution in [0.15, 0.2) is 0 Å². The lowest BCUT2D eigenvalue weighted by atomic mass is 10.1. The predicted molar refractivity (Wildman–Crippen MR) is 63.3 cm³/mol. The average Bonchev–Trinajstić information content (AvgIpc) is 2.14. The van der Waals surface area contributed by atoms with E-state index in [4.69, 9.17) is 9.47 Å². The van der Waals surface area contributed by atoms with Gasteiger partial charge in [0.2, 0.25) is 0 Å². The van der Waals surface area contributed by atoms with E-state index in [1.54, 1.807) is 14.2 Å². The number of rotatable bonds is 8. The molecule has 0 fully saturated rings. The molecule has 0 spiro atoms. The molecule has 0 aliphatic rings. The Labute approximate surface area is 93.7 Å². The van der Waals surface area contributed by atoms with Gasteiger partial charge < -0.3 is 20.1 Å². The van der Waals surface area contributed by atoms with Crippen molar-refractivity contribution in [1.82, 2.24) is 10.6 Å². The smallest absolute Gasteiger partial charge is 0.0928 e. The molecule has 4 heteroatoms. The minimum atomic E-state index is 0.143. The van der Waals surface area contributed by atoms with Crippen LogP contribution in [0.2, 0.25) is 0 Å². The van der Waals surface area contributed by atoms with Crippen molar-refractivity contribution < 1.29 is 9.47 Å². The minimum absolute atomic E-state index is 0.143. The Balaban J connectivity index is 3.36. The molecule has 4 nitrogen and oxygen atoms in total. The largest absolute Gasteiger partial charge is 0.382 e. The molecule has 0 aromatic carbocycles. The fourth-order valence-corrected chi connectivity index (χ4v) is 1.19. The molecule has 0 rings (SSSR count). The molecule has 92 valence electrons. The summed E-state index contributed by atoms with van der Waals surface area (Å²) in [5.74, 6) is 0. The first-order chi connectivity index (χ1) is 6.99. The van der Waals surface area contributed by atoms with E-state index in [-0.39, 0.29) is 11.6 Å². The van der Waals surface area contributed by atoms with Gasteiger partial charge in [-0.1, -0.05) is 0 Å². The molecule has 0 aromatic heterocycles. The zero-order valence-electron chi connectivity index (χ0n) is 10.7. The van der Waals surface area contributed by atoms with Crippen molar-refractivity contribution in [2.75, 3.05) is 40.5 Å². The van der Waals surface area contributed by atoms with Crippen molar-refractivity contribution in [3.63, 3.8) is 0 Å². The van der Waals surface area contributed by atoms with Gasteiger partial charge in [0.15, 0.2) is 0 Å². The van der Waals surface area contributed by atoms with E-state index in [0.717, 1.165) is 19.6 Å². The number of hydrogen-bond acceptors (Lipinski definition) is 4. The molecule has 2 N–H and O–H groups in total. The third kappa shape index (κ3) is 10.1. The standard InChI is InChI=1S/C11H26N2O2/c1-11(2,3)13-7-6-12-8-10(15-5)9-14-4/h10,12-13H,6-9H2,1-5H3. The van der Waals surface area contributed by atoms with Crippen molar-refractivity contribution >= 4 is 0 Å². The maximum absolute atomic E-state index is 5.23. The topological polar surface area (TPSA) is 42.5 Å². The maximum Gasteiger partial charge on any atom is 0.0928 e. The molecule has 0 amide bonds. The van der Waals surface area contributed by atoms with E-state index in [0.29, 0.717) is 6.61 Å². The molecule has 15 heavy (non-hydrogen) atoms. The van der Waals surface area contributed by atoms with Gasteiger partial charge in [0.05, 0.1) is 12.7 Å². The summed E-state index contributed by atoms with van der Waals surface area (Å²) in [4.78, 5) is 0. The number of hydrogen-bond donors (Lipinski definition) is 2. The summed E-state index contributed by atoms with van der Waals surface area (Å²) in [6.07, 6.45) is 0.143. The van der Waals surface area contributed by atoms with Crippen LogP contribution >= 0.6 is 0 Å². The van der Waals surface area contributed by atoms with Crippen LogP contribution in [0.4, 0.5) is 0 Å². The Morgan fingerprint density at radius 3 is 2.27 bits per heavy atom. The molecular weight excluding hydrogens is 192 g/mol. The lowest BCUT2D eigenvalue weighted by molar-refractivity contribution is 0.0291. The second-order valence-corrected chi connectivity index (χ2v) is 4.69. The summed E-state index contributed by atoms with van der Waals surface area (Å²) in [7, 11) is 3.39. The zero-order chi connectivity index (χ0) is 11.7. The molecule has 0 aliphatic heterocycles. The van der Waals surface area contributed by atoms with Crippen molar-refractivity contribution in [2.45, 2.75) is 32.4 Å². The van der Waals surface area contributed by atoms with Crippen molar-refractivity contribution in [1.29, 1.82) is 0 Å². The SMILES string of the molecule is COCC(CNCCNC(C)(C)C)OC. The number of nitrogens with one attached hydrogen (secondary N) is 2. The fraction of sp³-hybridized carbons (Fsp3) is 1.00. The molecule has 0 radical (unpaired) electrons. The van der Waals surface area contributed by atoms with Gasteiger partial charge in [0.25, 0.3) is 0 Å². The monoisotopic (exact) mass is 218 g/mol. The van der Waals surface area contributed by atoms with Crippen LogP contribution in [0.1, 0.15) is 20.8 Å². The third-order valence-corrected chi connectivity index (χ3v) is 2.02. The van der Waals surface area contributed by atoms with E-state index in [1.807, 2.05) is 0 Å². The highest BCUT2D eigenvalue weighted by Gasteiger charge is 2.08. The average molecular weight is 218 g/mol. The van der Waals surface area contributed by atoms with Crippen LogP contribution < -0.4 is 10.6 Å². The molecule has 0 bridgehead atoms. The summed E-state index contributed by atoms with van der Waals surface area (Å²) < 4.78 is 10.3. The number of ether oxygens (including phenoxy) is 2. The van der Waals surface area contributed by atoms with Gasteiger partial charge in [-0.25, -0.2) is 0 Å². The Bertz CT molecular complexity index is 146. The van der Waals surface area contributed by atoms with Gasteiger partial charge in [-0.3, -0.25) is 0 Å². The highest BCUT2D eigenvalue weighted by molar-refractivity contribution is 4.70. The van der Waals surface area contributed by atoms with E-state index in [2.05, 4.69) is 31.4 Å². The lowest BCUT2D eigenvalue weighted by Crippen LogP contribution is -2.42. The summed E-state index contributed by atoms with van der Waals surface area (Å²) in [5, 5.41) is 6.74. The molecule has 0 aromatic rings. The predicted octanol–water partition coefficient (Wildman–Crippen LogP) is 0.626. The summed E-state index contributed by atoms with van der Waals surface area (Å²) in [6.45, 7) is 9.86. The molecular formula is C11H26N2O2. The Kier molecular flexibility index (Phi) is 7.96. The van der Waals surface area contributed by atoms with Crippen LogP contribution in [-0.4, -0.2) is 52.1 Å². The van der Waals surface area contributed by atoms with Crippen LogP contribution in [0.25, 0.3) is 0 Å². The van der Waals surface area contributed by atoms with E-state index < -0.39 is 0 Å². The van der Waals surface area contributed by atoms with Crippen molar-refractivity contribution in [3.05, 3.63) is 0 Å². The Morgan fingerprint density at radius 1 is 1.13 bits per heavy atom. The normalized spacial score (nSPS) is 14.2. The van der Waals surface area contributed by atoms with Crippen molar-refractivity contribution in [3.8, 4) is 0 Å². The van der Waals surface area contributed by atoms with Crippen LogP contribution in [0.3, 0.4) is 0 Å². The minimum Gasteiger partial charge on any atom is -0.382 e. The summed E-state index contributed by atoms with van der Waals surface area (Å²) in [6, 6.07) is 0. The maximum atomic E-state index is 5.23. The second-order valence-electron chi connectivity index (χ2n) is 4.69. The van der Waals surface area contributed by atoms with E-state index in [1.165, 1.54) is 0 Å². The molecule has 1 atom stereocenters. The molecule has 0 saturated carbocycles. The molecule has 0 heterocycles. The first kappa shape index (κ1) is 14.8. The van der Waals surface area contributed by atoms with Gasteiger partial charge in [0.1, 0.15) is 0 Å². The molecule has 0 aliphatic carbocycles. The van der Waals surface area contributed by atoms with Crippen LogP contribution in [0.5, 0.6) is 0 Å². The highest BCUT2D eigenvalue weighted by Crippen LogP contribution is 1.96.